The van der Waals surface area contributed by atoms with Crippen LogP contribution in [0.25, 0.3) is 0 Å². The first-order valence-corrected chi connectivity index (χ1v) is 6.86. The molecule has 0 aromatic heterocycles. The third-order valence-corrected chi connectivity index (χ3v) is 3.42. The van der Waals surface area contributed by atoms with Gasteiger partial charge in [0, 0.05) is 18.2 Å². The summed E-state index contributed by atoms with van der Waals surface area (Å²) < 4.78 is 5.23. The molecule has 3 N–H and O–H groups in total. The SMILES string of the molecule is COc1cccc([C@@H](C)NCc2cccc(C(N)=O)c2)c1. The zero-order valence-corrected chi connectivity index (χ0v) is 12.3. The first kappa shape index (κ1) is 15.1. The van der Waals surface area contributed by atoms with E-state index in [0.717, 1.165) is 16.9 Å². The molecule has 2 rings (SSSR count). The molecule has 21 heavy (non-hydrogen) atoms. The summed E-state index contributed by atoms with van der Waals surface area (Å²) in [5, 5.41) is 3.42. The normalized spacial score (nSPS) is 11.9. The molecule has 0 aliphatic heterocycles. The van der Waals surface area contributed by atoms with Gasteiger partial charge in [0.15, 0.2) is 0 Å². The second kappa shape index (κ2) is 6.90. The summed E-state index contributed by atoms with van der Waals surface area (Å²) in [7, 11) is 1.66. The second-order valence-corrected chi connectivity index (χ2v) is 4.94. The van der Waals surface area contributed by atoms with E-state index in [1.54, 1.807) is 13.2 Å². The minimum atomic E-state index is -0.405. The molecule has 0 spiro atoms. The maximum atomic E-state index is 11.2. The Labute approximate surface area is 124 Å². The lowest BCUT2D eigenvalue weighted by molar-refractivity contribution is 0.1000. The number of hydrogen-bond donors (Lipinski definition) is 2. The predicted octanol–water partition coefficient (Wildman–Crippen LogP) is 2.64. The van der Waals surface area contributed by atoms with Crippen LogP contribution in [-0.2, 0) is 6.54 Å². The van der Waals surface area contributed by atoms with E-state index in [0.29, 0.717) is 12.1 Å². The van der Waals surface area contributed by atoms with Crippen molar-refractivity contribution < 1.29 is 9.53 Å². The summed E-state index contributed by atoms with van der Waals surface area (Å²) in [4.78, 5) is 11.2. The minimum absolute atomic E-state index is 0.178. The summed E-state index contributed by atoms with van der Waals surface area (Å²) in [5.41, 5.74) is 8.00. The molecule has 0 radical (unpaired) electrons. The van der Waals surface area contributed by atoms with Crippen LogP contribution in [-0.4, -0.2) is 13.0 Å². The van der Waals surface area contributed by atoms with E-state index in [4.69, 9.17) is 10.5 Å². The molecule has 0 fully saturated rings. The van der Waals surface area contributed by atoms with Crippen molar-refractivity contribution in [2.45, 2.75) is 19.5 Å². The molecule has 0 heterocycles. The zero-order valence-electron chi connectivity index (χ0n) is 12.3. The summed E-state index contributed by atoms with van der Waals surface area (Å²) in [6.45, 7) is 2.76. The maximum absolute atomic E-state index is 11.2. The summed E-state index contributed by atoms with van der Waals surface area (Å²) in [6.07, 6.45) is 0. The van der Waals surface area contributed by atoms with Crippen LogP contribution in [0.5, 0.6) is 5.75 Å². The number of nitrogens with one attached hydrogen (secondary N) is 1. The standard InChI is InChI=1S/C17H20N2O2/c1-12(14-6-4-8-16(10-14)21-2)19-11-13-5-3-7-15(9-13)17(18)20/h3-10,12,19H,11H2,1-2H3,(H2,18,20)/t12-/m1/s1. The van der Waals surface area contributed by atoms with Crippen molar-refractivity contribution in [3.05, 3.63) is 65.2 Å². The number of amides is 1. The van der Waals surface area contributed by atoms with Crippen LogP contribution in [0.1, 0.15) is 34.5 Å². The highest BCUT2D eigenvalue weighted by atomic mass is 16.5. The molecular weight excluding hydrogens is 264 g/mol. The van der Waals surface area contributed by atoms with Gasteiger partial charge in [-0.25, -0.2) is 0 Å². The summed E-state index contributed by atoms with van der Waals surface area (Å²) in [6, 6.07) is 15.5. The Kier molecular flexibility index (Phi) is 4.95. The van der Waals surface area contributed by atoms with Crippen LogP contribution in [0.2, 0.25) is 0 Å². The van der Waals surface area contributed by atoms with Gasteiger partial charge in [-0.3, -0.25) is 4.79 Å². The number of hydrogen-bond acceptors (Lipinski definition) is 3. The molecule has 0 unspecified atom stereocenters. The maximum Gasteiger partial charge on any atom is 0.248 e. The molecule has 110 valence electrons. The van der Waals surface area contributed by atoms with Crippen molar-refractivity contribution in [2.24, 2.45) is 5.73 Å². The van der Waals surface area contributed by atoms with Crippen LogP contribution in [0, 0.1) is 0 Å². The molecule has 0 aliphatic carbocycles. The van der Waals surface area contributed by atoms with Gasteiger partial charge in [-0.15, -0.1) is 0 Å². The number of nitrogens with two attached hydrogens (primary N) is 1. The lowest BCUT2D eigenvalue weighted by Gasteiger charge is -2.15. The summed E-state index contributed by atoms with van der Waals surface area (Å²) in [5.74, 6) is 0.439. The highest BCUT2D eigenvalue weighted by Gasteiger charge is 2.07. The molecule has 4 nitrogen and oxygen atoms in total. The lowest BCUT2D eigenvalue weighted by Crippen LogP contribution is -2.18. The Balaban J connectivity index is 2.01. The predicted molar refractivity (Wildman–Crippen MR) is 83.2 cm³/mol. The van der Waals surface area contributed by atoms with Gasteiger partial charge in [-0.05, 0) is 42.3 Å². The number of primary amides is 1. The largest absolute Gasteiger partial charge is 0.497 e. The molecule has 1 atom stereocenters. The van der Waals surface area contributed by atoms with Crippen LogP contribution in [0.4, 0.5) is 0 Å². The first-order chi connectivity index (χ1) is 10.1. The van der Waals surface area contributed by atoms with Gasteiger partial charge in [0.05, 0.1) is 7.11 Å². The fourth-order valence-corrected chi connectivity index (χ4v) is 2.13. The number of carbonyl (C=O) groups excluding carboxylic acids is 1. The number of rotatable bonds is 6. The van der Waals surface area contributed by atoms with Crippen molar-refractivity contribution in [3.8, 4) is 5.75 Å². The van der Waals surface area contributed by atoms with E-state index in [2.05, 4.69) is 18.3 Å². The van der Waals surface area contributed by atoms with Gasteiger partial charge in [0.2, 0.25) is 5.91 Å². The van der Waals surface area contributed by atoms with Gasteiger partial charge in [0.1, 0.15) is 5.75 Å². The van der Waals surface area contributed by atoms with E-state index < -0.39 is 5.91 Å². The van der Waals surface area contributed by atoms with Crippen molar-refractivity contribution in [1.82, 2.24) is 5.32 Å². The monoisotopic (exact) mass is 284 g/mol. The van der Waals surface area contributed by atoms with E-state index in [-0.39, 0.29) is 6.04 Å². The van der Waals surface area contributed by atoms with Crippen LogP contribution in [0.3, 0.4) is 0 Å². The molecule has 0 aliphatic rings. The number of benzene rings is 2. The van der Waals surface area contributed by atoms with Crippen molar-refractivity contribution in [2.75, 3.05) is 7.11 Å². The first-order valence-electron chi connectivity index (χ1n) is 6.86. The van der Waals surface area contributed by atoms with Gasteiger partial charge < -0.3 is 15.8 Å². The molecular formula is C17H20N2O2. The Hall–Kier alpha value is -2.33. The Morgan fingerprint density at radius 2 is 2.00 bits per heavy atom. The lowest BCUT2D eigenvalue weighted by atomic mass is 10.1. The van der Waals surface area contributed by atoms with Crippen LogP contribution < -0.4 is 15.8 Å². The molecule has 2 aromatic carbocycles. The molecule has 0 saturated carbocycles. The number of carbonyl (C=O) groups is 1. The molecule has 0 saturated heterocycles. The van der Waals surface area contributed by atoms with E-state index >= 15 is 0 Å². The number of methoxy groups -OCH3 is 1. The van der Waals surface area contributed by atoms with Gasteiger partial charge in [-0.1, -0.05) is 24.3 Å². The van der Waals surface area contributed by atoms with Gasteiger partial charge in [0.25, 0.3) is 0 Å². The summed E-state index contributed by atoms with van der Waals surface area (Å²) >= 11 is 0. The molecule has 0 bridgehead atoms. The fourth-order valence-electron chi connectivity index (χ4n) is 2.13. The van der Waals surface area contributed by atoms with Crippen LogP contribution in [0.15, 0.2) is 48.5 Å². The fraction of sp³-hybridized carbons (Fsp3) is 0.235. The van der Waals surface area contributed by atoms with E-state index in [1.807, 2.05) is 36.4 Å². The average Bonchev–Trinajstić information content (AvgIpc) is 2.53. The van der Waals surface area contributed by atoms with Gasteiger partial charge >= 0.3 is 0 Å². The Bertz CT molecular complexity index is 626. The topological polar surface area (TPSA) is 64.3 Å². The van der Waals surface area contributed by atoms with Crippen molar-refractivity contribution in [3.63, 3.8) is 0 Å². The van der Waals surface area contributed by atoms with Crippen LogP contribution >= 0.6 is 0 Å². The molecule has 1 amide bonds. The third kappa shape index (κ3) is 4.07. The average molecular weight is 284 g/mol. The number of ether oxygens (including phenoxy) is 1. The Morgan fingerprint density at radius 3 is 2.71 bits per heavy atom. The molecule has 4 heteroatoms. The third-order valence-electron chi connectivity index (χ3n) is 3.42. The van der Waals surface area contributed by atoms with E-state index in [9.17, 15) is 4.79 Å². The Morgan fingerprint density at radius 1 is 1.24 bits per heavy atom. The highest BCUT2D eigenvalue weighted by Crippen LogP contribution is 2.19. The minimum Gasteiger partial charge on any atom is -0.497 e. The van der Waals surface area contributed by atoms with Gasteiger partial charge in [-0.2, -0.15) is 0 Å². The van der Waals surface area contributed by atoms with Crippen molar-refractivity contribution in [1.29, 1.82) is 0 Å². The smallest absolute Gasteiger partial charge is 0.248 e. The molecule has 2 aromatic rings. The van der Waals surface area contributed by atoms with E-state index in [1.165, 1.54) is 0 Å². The zero-order chi connectivity index (χ0) is 15.2. The van der Waals surface area contributed by atoms with Crippen molar-refractivity contribution >= 4 is 5.91 Å². The highest BCUT2D eigenvalue weighted by molar-refractivity contribution is 5.92. The second-order valence-electron chi connectivity index (χ2n) is 4.94. The quantitative estimate of drug-likeness (QED) is 0.857.